The molecule has 2 aliphatic rings. The number of amidine groups is 1. The van der Waals surface area contributed by atoms with E-state index < -0.39 is 5.91 Å². The second-order valence-electron chi connectivity index (χ2n) is 8.82. The molecule has 0 bridgehead atoms. The van der Waals surface area contributed by atoms with Crippen LogP contribution in [0.5, 0.6) is 5.88 Å². The van der Waals surface area contributed by atoms with Crippen LogP contribution in [-0.2, 0) is 0 Å². The Morgan fingerprint density at radius 2 is 2.17 bits per heavy atom. The van der Waals surface area contributed by atoms with Crippen molar-refractivity contribution >= 4 is 29.3 Å². The number of anilines is 1. The van der Waals surface area contributed by atoms with E-state index in [4.69, 9.17) is 20.9 Å². The van der Waals surface area contributed by atoms with Crippen molar-refractivity contribution in [1.82, 2.24) is 24.9 Å². The predicted octanol–water partition coefficient (Wildman–Crippen LogP) is 3.08. The number of methoxy groups -OCH3 is 1. The molecule has 180 valence electrons. The van der Waals surface area contributed by atoms with Crippen LogP contribution in [0.3, 0.4) is 0 Å². The normalized spacial score (nSPS) is 18.0. The van der Waals surface area contributed by atoms with Gasteiger partial charge in [0.25, 0.3) is 5.91 Å². The summed E-state index contributed by atoms with van der Waals surface area (Å²) in [7, 11) is 1.62. The second kappa shape index (κ2) is 9.21. The number of nitrogens with one attached hydrogen (secondary N) is 2. The van der Waals surface area contributed by atoms with Gasteiger partial charge in [0.05, 0.1) is 19.3 Å². The van der Waals surface area contributed by atoms with E-state index in [0.717, 1.165) is 49.2 Å². The van der Waals surface area contributed by atoms with Crippen LogP contribution < -0.4 is 20.7 Å². The fraction of sp³-hybridized carbons (Fsp3) is 0.320. The van der Waals surface area contributed by atoms with Gasteiger partial charge in [0, 0.05) is 30.2 Å². The van der Waals surface area contributed by atoms with Crippen LogP contribution in [0.1, 0.15) is 53.2 Å². The van der Waals surface area contributed by atoms with Crippen molar-refractivity contribution in [1.29, 1.82) is 5.41 Å². The predicted molar refractivity (Wildman–Crippen MR) is 133 cm³/mol. The van der Waals surface area contributed by atoms with Crippen molar-refractivity contribution in [3.05, 3.63) is 65.8 Å². The molecular weight excluding hydrogens is 444 g/mol. The Morgan fingerprint density at radius 3 is 2.91 bits per heavy atom. The van der Waals surface area contributed by atoms with Crippen molar-refractivity contribution < 1.29 is 9.53 Å². The number of carbonyl (C=O) groups is 1. The minimum atomic E-state index is -0.447. The van der Waals surface area contributed by atoms with E-state index >= 15 is 0 Å². The fourth-order valence-corrected chi connectivity index (χ4v) is 4.48. The van der Waals surface area contributed by atoms with Crippen molar-refractivity contribution in [2.24, 2.45) is 11.7 Å². The van der Waals surface area contributed by atoms with Gasteiger partial charge in [-0.25, -0.2) is 14.5 Å². The summed E-state index contributed by atoms with van der Waals surface area (Å²) < 4.78 is 7.10. The Balaban J connectivity index is 1.43. The van der Waals surface area contributed by atoms with Gasteiger partial charge >= 0.3 is 0 Å². The quantitative estimate of drug-likeness (QED) is 0.355. The number of fused-ring (bicyclic) bond motifs is 1. The van der Waals surface area contributed by atoms with Gasteiger partial charge in [0.1, 0.15) is 17.2 Å². The van der Waals surface area contributed by atoms with Crippen molar-refractivity contribution in [2.75, 3.05) is 18.6 Å². The Hall–Kier alpha value is -4.21. The number of ether oxygens (including phenoxy) is 1. The molecule has 1 saturated carbocycles. The molecule has 0 radical (unpaired) electrons. The van der Waals surface area contributed by atoms with Gasteiger partial charge in [0.2, 0.25) is 5.88 Å². The molecule has 3 aromatic rings. The van der Waals surface area contributed by atoms with Gasteiger partial charge in [0.15, 0.2) is 5.65 Å². The first-order valence-corrected chi connectivity index (χ1v) is 11.6. The number of hydrogen-bond donors (Lipinski definition) is 3. The van der Waals surface area contributed by atoms with Gasteiger partial charge < -0.3 is 20.7 Å². The first kappa shape index (κ1) is 22.6. The smallest absolute Gasteiger partial charge is 0.262 e. The number of rotatable bonds is 7. The van der Waals surface area contributed by atoms with Crippen LogP contribution in [0.2, 0.25) is 0 Å². The Labute approximate surface area is 203 Å². The first-order chi connectivity index (χ1) is 17.0. The lowest BCUT2D eigenvalue weighted by atomic mass is 10.0. The first-order valence-electron chi connectivity index (χ1n) is 11.6. The average Bonchev–Trinajstić information content (AvgIpc) is 3.45. The highest BCUT2D eigenvalue weighted by molar-refractivity contribution is 6.11. The summed E-state index contributed by atoms with van der Waals surface area (Å²) in [6.45, 7) is 4.66. The number of carbonyl (C=O) groups excluding carboxylic acids is 1. The molecule has 5 rings (SSSR count). The molecule has 4 heterocycles. The van der Waals surface area contributed by atoms with Crippen molar-refractivity contribution in [3.8, 4) is 5.88 Å². The fourth-order valence-electron chi connectivity index (χ4n) is 4.48. The zero-order valence-corrected chi connectivity index (χ0v) is 19.6. The molecule has 10 heteroatoms. The minimum Gasteiger partial charge on any atom is -0.481 e. The SMILES string of the molecule is C=Cc1cnc(OC)c([C@H]2CCCN2c2ccn3ncc(C(=O)NC(=N)C=C(N)C4CC4)c3n2)c1. The zero-order chi connectivity index (χ0) is 24.5. The van der Waals surface area contributed by atoms with Gasteiger partial charge in [-0.3, -0.25) is 10.2 Å². The Morgan fingerprint density at radius 1 is 1.34 bits per heavy atom. The van der Waals surface area contributed by atoms with Crippen LogP contribution in [-0.4, -0.2) is 45.0 Å². The van der Waals surface area contributed by atoms with Crippen LogP contribution in [0, 0.1) is 11.3 Å². The van der Waals surface area contributed by atoms with Gasteiger partial charge in [-0.1, -0.05) is 12.7 Å². The van der Waals surface area contributed by atoms with Crippen molar-refractivity contribution in [2.45, 2.75) is 31.7 Å². The summed E-state index contributed by atoms with van der Waals surface area (Å²) in [4.78, 5) is 24.3. The highest BCUT2D eigenvalue weighted by Gasteiger charge is 2.31. The highest BCUT2D eigenvalue weighted by Crippen LogP contribution is 2.39. The third-order valence-corrected chi connectivity index (χ3v) is 6.44. The van der Waals surface area contributed by atoms with E-state index in [9.17, 15) is 4.79 Å². The number of aromatic nitrogens is 4. The summed E-state index contributed by atoms with van der Waals surface area (Å²) in [5.74, 6) is 1.14. The van der Waals surface area contributed by atoms with E-state index in [1.807, 2.05) is 12.1 Å². The molecule has 0 spiro atoms. The van der Waals surface area contributed by atoms with Crippen LogP contribution in [0.15, 0.2) is 49.1 Å². The minimum absolute atomic E-state index is 0.0243. The van der Waals surface area contributed by atoms with E-state index in [0.29, 0.717) is 28.7 Å². The monoisotopic (exact) mass is 472 g/mol. The van der Waals surface area contributed by atoms with E-state index in [1.165, 1.54) is 12.3 Å². The summed E-state index contributed by atoms with van der Waals surface area (Å²) in [5, 5.41) is 14.9. The average molecular weight is 473 g/mol. The topological polar surface area (TPSA) is 135 Å². The molecule has 0 unspecified atom stereocenters. The third kappa shape index (κ3) is 4.46. The third-order valence-electron chi connectivity index (χ3n) is 6.44. The maximum absolute atomic E-state index is 12.9. The highest BCUT2D eigenvalue weighted by atomic mass is 16.5. The van der Waals surface area contributed by atoms with Gasteiger partial charge in [-0.15, -0.1) is 0 Å². The van der Waals surface area contributed by atoms with E-state index in [-0.39, 0.29) is 11.9 Å². The summed E-state index contributed by atoms with van der Waals surface area (Å²) in [6, 6.07) is 3.96. The standard InChI is InChI=1S/C25H28N8O2/c1-3-15-11-17(25(35-2)28-13-15)20-5-4-9-32(20)22-8-10-33-23(31-22)18(14-29-33)24(34)30-21(27)12-19(26)16-6-7-16/h3,8,10-14,16,20H,1,4-7,9,26H2,2H3,(H2,27,30,34)/t20-/m1/s1. The van der Waals surface area contributed by atoms with Gasteiger partial charge in [-0.2, -0.15) is 5.10 Å². The zero-order valence-electron chi connectivity index (χ0n) is 19.6. The number of amides is 1. The van der Waals surface area contributed by atoms with Crippen LogP contribution >= 0.6 is 0 Å². The van der Waals surface area contributed by atoms with Crippen LogP contribution in [0.25, 0.3) is 11.7 Å². The summed E-state index contributed by atoms with van der Waals surface area (Å²) in [6.07, 6.45) is 12.2. The molecular formula is C25H28N8O2. The molecule has 10 nitrogen and oxygen atoms in total. The number of nitrogens with two attached hydrogens (primary N) is 1. The molecule has 1 amide bonds. The lowest BCUT2D eigenvalue weighted by molar-refractivity contribution is 0.0978. The molecule has 0 aromatic carbocycles. The molecule has 4 N–H and O–H groups in total. The molecule has 3 aromatic heterocycles. The Kier molecular flexibility index (Phi) is 5.94. The largest absolute Gasteiger partial charge is 0.481 e. The second-order valence-corrected chi connectivity index (χ2v) is 8.82. The van der Waals surface area contributed by atoms with E-state index in [2.05, 4.69) is 26.9 Å². The number of hydrogen-bond acceptors (Lipinski definition) is 8. The summed E-state index contributed by atoms with van der Waals surface area (Å²) >= 11 is 0. The maximum atomic E-state index is 12.9. The number of nitrogens with zero attached hydrogens (tertiary/aromatic N) is 5. The molecule has 2 fully saturated rings. The van der Waals surface area contributed by atoms with Gasteiger partial charge in [-0.05, 0) is 55.4 Å². The van der Waals surface area contributed by atoms with E-state index in [1.54, 1.807) is 30.1 Å². The number of pyridine rings is 1. The molecule has 1 saturated heterocycles. The molecule has 35 heavy (non-hydrogen) atoms. The molecule has 1 aliphatic carbocycles. The number of allylic oxidation sites excluding steroid dienone is 1. The lowest BCUT2D eigenvalue weighted by Crippen LogP contribution is -2.29. The van der Waals surface area contributed by atoms with Crippen molar-refractivity contribution in [3.63, 3.8) is 0 Å². The lowest BCUT2D eigenvalue weighted by Gasteiger charge is -2.27. The summed E-state index contributed by atoms with van der Waals surface area (Å²) in [5.41, 5.74) is 9.20. The van der Waals surface area contributed by atoms with Crippen LogP contribution in [0.4, 0.5) is 5.82 Å². The molecule has 1 aliphatic heterocycles. The molecule has 1 atom stereocenters. The maximum Gasteiger partial charge on any atom is 0.262 e. The Bertz CT molecular complexity index is 1340.